The molecule has 3 aromatic rings. The van der Waals surface area contributed by atoms with Crippen molar-refractivity contribution >= 4 is 11.3 Å². The molecule has 0 bridgehead atoms. The molecule has 0 aliphatic carbocycles. The topological polar surface area (TPSA) is 35.0 Å². The van der Waals surface area contributed by atoms with Crippen LogP contribution in [-0.4, -0.2) is 17.1 Å². The number of ether oxygens (including phenoxy) is 1. The molecule has 1 radical (unpaired) electrons. The number of hydrogen-bond acceptors (Lipinski definition) is 4. The van der Waals surface area contributed by atoms with Crippen LogP contribution in [0.25, 0.3) is 11.3 Å². The number of benzene rings is 1. The third-order valence-corrected chi connectivity index (χ3v) is 4.18. The molecule has 0 fully saturated rings. The standard InChI is InChI=1S/C17H15N2OS/c1-12-7-8-18-10-15(12)17-16(21-11-19-17)9-13-3-5-14(20-2)6-4-13/h3-8,10H,9H2,1-2H3. The summed E-state index contributed by atoms with van der Waals surface area (Å²) in [5.41, 5.74) is 7.49. The summed E-state index contributed by atoms with van der Waals surface area (Å²) >= 11 is 1.56. The van der Waals surface area contributed by atoms with Gasteiger partial charge >= 0.3 is 0 Å². The van der Waals surface area contributed by atoms with Crippen LogP contribution < -0.4 is 4.74 Å². The lowest BCUT2D eigenvalue weighted by Crippen LogP contribution is -1.92. The molecule has 2 heterocycles. The molecule has 0 unspecified atom stereocenters. The van der Waals surface area contributed by atoms with Gasteiger partial charge in [0.2, 0.25) is 0 Å². The summed E-state index contributed by atoms with van der Waals surface area (Å²) < 4.78 is 5.19. The second-order valence-electron chi connectivity index (χ2n) is 4.79. The fourth-order valence-corrected chi connectivity index (χ4v) is 2.94. The van der Waals surface area contributed by atoms with Crippen molar-refractivity contribution in [1.29, 1.82) is 0 Å². The summed E-state index contributed by atoms with van der Waals surface area (Å²) in [6.45, 7) is 2.08. The molecule has 0 amide bonds. The highest BCUT2D eigenvalue weighted by Crippen LogP contribution is 2.29. The maximum absolute atomic E-state index is 5.19. The van der Waals surface area contributed by atoms with Crippen molar-refractivity contribution in [3.05, 3.63) is 64.2 Å². The van der Waals surface area contributed by atoms with E-state index in [1.165, 1.54) is 16.0 Å². The highest BCUT2D eigenvalue weighted by atomic mass is 32.1. The molecule has 4 heteroatoms. The van der Waals surface area contributed by atoms with Gasteiger partial charge in [0.15, 0.2) is 5.51 Å². The third kappa shape index (κ3) is 2.95. The van der Waals surface area contributed by atoms with Crippen molar-refractivity contribution in [2.75, 3.05) is 7.11 Å². The van der Waals surface area contributed by atoms with E-state index >= 15 is 0 Å². The van der Waals surface area contributed by atoms with E-state index in [1.54, 1.807) is 24.6 Å². The molecule has 0 N–H and O–H groups in total. The van der Waals surface area contributed by atoms with Crippen LogP contribution in [0.1, 0.15) is 16.0 Å². The number of aromatic nitrogens is 2. The van der Waals surface area contributed by atoms with Gasteiger partial charge < -0.3 is 4.74 Å². The lowest BCUT2D eigenvalue weighted by molar-refractivity contribution is 0.414. The zero-order valence-corrected chi connectivity index (χ0v) is 12.8. The Morgan fingerprint density at radius 1 is 1.19 bits per heavy atom. The highest BCUT2D eigenvalue weighted by Gasteiger charge is 2.12. The van der Waals surface area contributed by atoms with Crippen LogP contribution in [0, 0.1) is 12.4 Å². The van der Waals surface area contributed by atoms with Gasteiger partial charge in [-0.3, -0.25) is 4.98 Å². The third-order valence-electron chi connectivity index (χ3n) is 3.41. The van der Waals surface area contributed by atoms with E-state index < -0.39 is 0 Å². The number of methoxy groups -OCH3 is 1. The first-order valence-electron chi connectivity index (χ1n) is 6.67. The van der Waals surface area contributed by atoms with Gasteiger partial charge in [-0.2, -0.15) is 0 Å². The quantitative estimate of drug-likeness (QED) is 0.732. The van der Waals surface area contributed by atoms with Crippen molar-refractivity contribution in [3.8, 4) is 17.0 Å². The molecule has 2 aromatic heterocycles. The fraction of sp³-hybridized carbons (Fsp3) is 0.176. The van der Waals surface area contributed by atoms with Crippen molar-refractivity contribution in [3.63, 3.8) is 0 Å². The van der Waals surface area contributed by atoms with Crippen molar-refractivity contribution in [1.82, 2.24) is 9.97 Å². The molecule has 105 valence electrons. The number of aryl methyl sites for hydroxylation is 1. The van der Waals surface area contributed by atoms with Crippen LogP contribution in [0.3, 0.4) is 0 Å². The van der Waals surface area contributed by atoms with Crippen LogP contribution in [0.15, 0.2) is 42.7 Å². The molecule has 3 nitrogen and oxygen atoms in total. The van der Waals surface area contributed by atoms with Gasteiger partial charge in [0.25, 0.3) is 0 Å². The number of hydrogen-bond donors (Lipinski definition) is 0. The molecular weight excluding hydrogens is 280 g/mol. The molecule has 21 heavy (non-hydrogen) atoms. The summed E-state index contributed by atoms with van der Waals surface area (Å²) in [6.07, 6.45) is 4.52. The molecule has 1 aromatic carbocycles. The average Bonchev–Trinajstić information content (AvgIpc) is 2.96. The lowest BCUT2D eigenvalue weighted by atomic mass is 10.0. The first kappa shape index (κ1) is 13.8. The number of pyridine rings is 1. The number of thiazole rings is 1. The smallest absolute Gasteiger partial charge is 0.153 e. The molecule has 0 spiro atoms. The van der Waals surface area contributed by atoms with E-state index in [-0.39, 0.29) is 0 Å². The van der Waals surface area contributed by atoms with Gasteiger partial charge in [-0.05, 0) is 36.2 Å². The van der Waals surface area contributed by atoms with Gasteiger partial charge in [-0.1, -0.05) is 12.1 Å². The van der Waals surface area contributed by atoms with E-state index in [1.807, 2.05) is 24.4 Å². The predicted molar refractivity (Wildman–Crippen MR) is 84.7 cm³/mol. The van der Waals surface area contributed by atoms with Crippen LogP contribution in [-0.2, 0) is 6.42 Å². The van der Waals surface area contributed by atoms with E-state index in [2.05, 4.69) is 34.5 Å². The molecule has 3 rings (SSSR count). The summed E-state index contributed by atoms with van der Waals surface area (Å²) in [5, 5.41) is 0. The van der Waals surface area contributed by atoms with Gasteiger partial charge in [-0.15, -0.1) is 11.3 Å². The van der Waals surface area contributed by atoms with Gasteiger partial charge in [0.05, 0.1) is 12.8 Å². The van der Waals surface area contributed by atoms with E-state index in [0.29, 0.717) is 0 Å². The Balaban J connectivity index is 1.90. The minimum Gasteiger partial charge on any atom is -0.497 e. The largest absolute Gasteiger partial charge is 0.497 e. The Bertz CT molecular complexity index is 735. The van der Waals surface area contributed by atoms with Crippen molar-refractivity contribution in [2.45, 2.75) is 13.3 Å². The SMILES string of the molecule is COc1ccc(Cc2s[c]nc2-c2cnccc2C)cc1. The summed E-state index contributed by atoms with van der Waals surface area (Å²) in [5.74, 6) is 0.873. The molecule has 0 aliphatic heterocycles. The molecule has 0 saturated heterocycles. The summed E-state index contributed by atoms with van der Waals surface area (Å²) in [4.78, 5) is 9.82. The van der Waals surface area contributed by atoms with Crippen LogP contribution in [0.4, 0.5) is 0 Å². The van der Waals surface area contributed by atoms with Crippen molar-refractivity contribution < 1.29 is 4.74 Å². The minimum atomic E-state index is 0.842. The normalized spacial score (nSPS) is 10.6. The van der Waals surface area contributed by atoms with E-state index in [4.69, 9.17) is 4.74 Å². The second kappa shape index (κ2) is 6.06. The van der Waals surface area contributed by atoms with Gasteiger partial charge in [-0.25, -0.2) is 4.98 Å². The average molecular weight is 295 g/mol. The van der Waals surface area contributed by atoms with Crippen LogP contribution >= 0.6 is 11.3 Å². The Kier molecular flexibility index (Phi) is 3.97. The Labute approximate surface area is 128 Å². The Morgan fingerprint density at radius 3 is 2.71 bits per heavy atom. The molecule has 0 atom stereocenters. The van der Waals surface area contributed by atoms with E-state index in [0.717, 1.165) is 23.4 Å². The van der Waals surface area contributed by atoms with Crippen molar-refractivity contribution in [2.24, 2.45) is 0 Å². The van der Waals surface area contributed by atoms with Crippen LogP contribution in [0.5, 0.6) is 5.75 Å². The first-order chi connectivity index (χ1) is 10.3. The minimum absolute atomic E-state index is 0.842. The monoisotopic (exact) mass is 295 g/mol. The maximum atomic E-state index is 5.19. The van der Waals surface area contributed by atoms with E-state index in [9.17, 15) is 0 Å². The summed E-state index contributed by atoms with van der Waals surface area (Å²) in [6, 6.07) is 10.1. The maximum Gasteiger partial charge on any atom is 0.153 e. The Morgan fingerprint density at radius 2 is 2.00 bits per heavy atom. The molecular formula is C17H15N2OS. The predicted octanol–water partition coefficient (Wildman–Crippen LogP) is 3.91. The highest BCUT2D eigenvalue weighted by molar-refractivity contribution is 7.09. The first-order valence-corrected chi connectivity index (χ1v) is 7.49. The van der Waals surface area contributed by atoms with Crippen LogP contribution in [0.2, 0.25) is 0 Å². The van der Waals surface area contributed by atoms with Gasteiger partial charge in [0, 0.05) is 29.3 Å². The Hall–Kier alpha value is -2.20. The van der Waals surface area contributed by atoms with Gasteiger partial charge in [0.1, 0.15) is 5.75 Å². The number of rotatable bonds is 4. The molecule has 0 aliphatic rings. The lowest BCUT2D eigenvalue weighted by Gasteiger charge is -2.06. The zero-order valence-electron chi connectivity index (χ0n) is 12.0. The fourth-order valence-electron chi connectivity index (χ4n) is 2.21. The summed E-state index contributed by atoms with van der Waals surface area (Å²) in [7, 11) is 1.68. The zero-order chi connectivity index (χ0) is 14.7. The molecule has 0 saturated carbocycles. The second-order valence-corrected chi connectivity index (χ2v) is 5.67. The number of nitrogens with zero attached hydrogens (tertiary/aromatic N) is 2.